The molecule has 0 N–H and O–H groups in total. The number of hydrogen-bond donors (Lipinski definition) is 0. The summed E-state index contributed by atoms with van der Waals surface area (Å²) in [5.41, 5.74) is 2.26. The van der Waals surface area contributed by atoms with E-state index in [4.69, 9.17) is 14.2 Å². The second-order valence-corrected chi connectivity index (χ2v) is 6.24. The van der Waals surface area contributed by atoms with Crippen LogP contribution >= 0.6 is 0 Å². The first-order valence-corrected chi connectivity index (χ1v) is 8.87. The number of hydrogen-bond acceptors (Lipinski definition) is 4. The van der Waals surface area contributed by atoms with E-state index < -0.39 is 0 Å². The molecule has 0 aliphatic carbocycles. The van der Waals surface area contributed by atoms with Gasteiger partial charge < -0.3 is 19.1 Å². The van der Waals surface area contributed by atoms with Crippen molar-refractivity contribution in [1.29, 1.82) is 0 Å². The second kappa shape index (κ2) is 10.3. The summed E-state index contributed by atoms with van der Waals surface area (Å²) in [6.45, 7) is 6.60. The minimum atomic E-state index is -0.125. The van der Waals surface area contributed by atoms with Crippen molar-refractivity contribution in [2.45, 2.75) is 13.3 Å². The van der Waals surface area contributed by atoms with Gasteiger partial charge in [0.25, 0.3) is 5.91 Å². The lowest BCUT2D eigenvalue weighted by atomic mass is 10.1. The van der Waals surface area contributed by atoms with E-state index in [2.05, 4.69) is 6.58 Å². The summed E-state index contributed by atoms with van der Waals surface area (Å²) in [4.78, 5) is 13.9. The van der Waals surface area contributed by atoms with E-state index in [9.17, 15) is 4.79 Å². The maximum atomic E-state index is 12.3. The molecule has 0 heterocycles. The van der Waals surface area contributed by atoms with Gasteiger partial charge in [-0.25, -0.2) is 0 Å². The third kappa shape index (κ3) is 6.37. The zero-order valence-corrected chi connectivity index (χ0v) is 16.2. The molecule has 0 spiro atoms. The first-order valence-electron chi connectivity index (χ1n) is 8.87. The molecule has 5 heteroatoms. The lowest BCUT2D eigenvalue weighted by Gasteiger charge is -2.18. The predicted octanol–water partition coefficient (Wildman–Crippen LogP) is 3.65. The molecule has 0 bridgehead atoms. The predicted molar refractivity (Wildman–Crippen MR) is 107 cm³/mol. The molecule has 0 aromatic heterocycles. The number of methoxy groups -OCH3 is 1. The molecule has 27 heavy (non-hydrogen) atoms. The first kappa shape index (κ1) is 20.4. The SMILES string of the molecule is C=CCc1ccc(OCC(=O)N(C)CCOc2ccc(C)cc2)c(OC)c1. The van der Waals surface area contributed by atoms with Crippen LogP contribution in [0, 0.1) is 6.92 Å². The Balaban J connectivity index is 1.80. The van der Waals surface area contributed by atoms with E-state index in [1.54, 1.807) is 19.1 Å². The van der Waals surface area contributed by atoms with Crippen molar-refractivity contribution in [3.63, 3.8) is 0 Å². The van der Waals surface area contributed by atoms with Gasteiger partial charge in [0.05, 0.1) is 13.7 Å². The lowest BCUT2D eigenvalue weighted by Crippen LogP contribution is -2.34. The van der Waals surface area contributed by atoms with Crippen LogP contribution in [0.5, 0.6) is 17.2 Å². The Morgan fingerprint density at radius 1 is 1.11 bits per heavy atom. The van der Waals surface area contributed by atoms with Gasteiger partial charge in [-0.1, -0.05) is 29.8 Å². The van der Waals surface area contributed by atoms with Crippen molar-refractivity contribution in [3.8, 4) is 17.2 Å². The maximum Gasteiger partial charge on any atom is 0.260 e. The molecule has 0 atom stereocenters. The van der Waals surface area contributed by atoms with E-state index in [0.29, 0.717) is 24.7 Å². The molecule has 5 nitrogen and oxygen atoms in total. The number of allylic oxidation sites excluding steroid dienone is 1. The van der Waals surface area contributed by atoms with Crippen LogP contribution in [-0.4, -0.2) is 44.7 Å². The summed E-state index contributed by atoms with van der Waals surface area (Å²) in [5, 5.41) is 0. The monoisotopic (exact) mass is 369 g/mol. The summed E-state index contributed by atoms with van der Waals surface area (Å²) in [6.07, 6.45) is 2.58. The quantitative estimate of drug-likeness (QED) is 0.600. The first-order chi connectivity index (χ1) is 13.0. The van der Waals surface area contributed by atoms with E-state index in [1.165, 1.54) is 5.56 Å². The Morgan fingerprint density at radius 3 is 2.52 bits per heavy atom. The Morgan fingerprint density at radius 2 is 1.85 bits per heavy atom. The summed E-state index contributed by atoms with van der Waals surface area (Å²) >= 11 is 0. The minimum Gasteiger partial charge on any atom is -0.493 e. The van der Waals surface area contributed by atoms with Crippen LogP contribution < -0.4 is 14.2 Å². The number of nitrogens with zero attached hydrogens (tertiary/aromatic N) is 1. The number of amides is 1. The zero-order valence-electron chi connectivity index (χ0n) is 16.2. The number of carbonyl (C=O) groups is 1. The van der Waals surface area contributed by atoms with E-state index in [1.807, 2.05) is 55.5 Å². The molecular weight excluding hydrogens is 342 g/mol. The Hall–Kier alpha value is -2.95. The van der Waals surface area contributed by atoms with Gasteiger partial charge in [0.1, 0.15) is 12.4 Å². The van der Waals surface area contributed by atoms with Crippen LogP contribution in [-0.2, 0) is 11.2 Å². The molecule has 0 unspecified atom stereocenters. The Bertz CT molecular complexity index is 755. The second-order valence-electron chi connectivity index (χ2n) is 6.24. The molecule has 2 aromatic rings. The van der Waals surface area contributed by atoms with Crippen LogP contribution in [0.4, 0.5) is 0 Å². The normalized spacial score (nSPS) is 10.2. The number of likely N-dealkylation sites (N-methyl/N-ethyl adjacent to an activating group) is 1. The summed E-state index contributed by atoms with van der Waals surface area (Å²) in [6, 6.07) is 13.5. The number of ether oxygens (including phenoxy) is 3. The van der Waals surface area contributed by atoms with Crippen LogP contribution in [0.25, 0.3) is 0 Å². The van der Waals surface area contributed by atoms with Gasteiger partial charge in [0, 0.05) is 7.05 Å². The molecule has 0 fully saturated rings. The van der Waals surface area contributed by atoms with Gasteiger partial charge in [-0.15, -0.1) is 6.58 Å². The molecule has 0 radical (unpaired) electrons. The standard InChI is InChI=1S/C22H27NO4/c1-5-6-18-9-12-20(21(15-18)25-4)27-16-22(24)23(3)13-14-26-19-10-7-17(2)8-11-19/h5,7-12,15H,1,6,13-14,16H2,2-4H3. The molecular formula is C22H27NO4. The number of benzene rings is 2. The highest BCUT2D eigenvalue weighted by atomic mass is 16.5. The fourth-order valence-corrected chi connectivity index (χ4v) is 2.43. The largest absolute Gasteiger partial charge is 0.493 e. The molecule has 144 valence electrons. The fourth-order valence-electron chi connectivity index (χ4n) is 2.43. The van der Waals surface area contributed by atoms with Crippen molar-refractivity contribution in [3.05, 3.63) is 66.2 Å². The molecule has 0 aliphatic rings. The Kier molecular flexibility index (Phi) is 7.74. The highest BCUT2D eigenvalue weighted by Crippen LogP contribution is 2.28. The van der Waals surface area contributed by atoms with Crippen LogP contribution in [0.3, 0.4) is 0 Å². The summed E-state index contributed by atoms with van der Waals surface area (Å²) in [5.74, 6) is 1.82. The average Bonchev–Trinajstić information content (AvgIpc) is 2.68. The van der Waals surface area contributed by atoms with E-state index in [0.717, 1.165) is 17.7 Å². The summed E-state index contributed by atoms with van der Waals surface area (Å²) in [7, 11) is 3.31. The zero-order chi connectivity index (χ0) is 19.6. The fraction of sp³-hybridized carbons (Fsp3) is 0.318. The third-order valence-corrected chi connectivity index (χ3v) is 4.10. The third-order valence-electron chi connectivity index (χ3n) is 4.10. The van der Waals surface area contributed by atoms with Gasteiger partial charge in [-0.05, 0) is 43.2 Å². The number of rotatable bonds is 10. The van der Waals surface area contributed by atoms with Gasteiger partial charge in [-0.2, -0.15) is 0 Å². The lowest BCUT2D eigenvalue weighted by molar-refractivity contribution is -0.132. The molecule has 0 aliphatic heterocycles. The van der Waals surface area contributed by atoms with Gasteiger partial charge in [0.2, 0.25) is 0 Å². The molecule has 0 saturated heterocycles. The highest BCUT2D eigenvalue weighted by molar-refractivity contribution is 5.77. The van der Waals surface area contributed by atoms with Crippen molar-refractivity contribution < 1.29 is 19.0 Å². The number of aryl methyl sites for hydroxylation is 1. The average molecular weight is 369 g/mol. The maximum absolute atomic E-state index is 12.3. The number of carbonyl (C=O) groups excluding carboxylic acids is 1. The highest BCUT2D eigenvalue weighted by Gasteiger charge is 2.12. The summed E-state index contributed by atoms with van der Waals surface area (Å²) < 4.78 is 16.6. The molecule has 0 saturated carbocycles. The van der Waals surface area contributed by atoms with Crippen LogP contribution in [0.15, 0.2) is 55.1 Å². The van der Waals surface area contributed by atoms with Gasteiger partial charge in [0.15, 0.2) is 18.1 Å². The van der Waals surface area contributed by atoms with Gasteiger partial charge in [-0.3, -0.25) is 4.79 Å². The van der Waals surface area contributed by atoms with Gasteiger partial charge >= 0.3 is 0 Å². The van der Waals surface area contributed by atoms with Crippen LogP contribution in [0.1, 0.15) is 11.1 Å². The minimum absolute atomic E-state index is 0.0573. The van der Waals surface area contributed by atoms with Crippen LogP contribution in [0.2, 0.25) is 0 Å². The van der Waals surface area contributed by atoms with Crippen molar-refractivity contribution in [1.82, 2.24) is 4.90 Å². The van der Waals surface area contributed by atoms with Crippen molar-refractivity contribution in [2.75, 3.05) is 33.9 Å². The topological polar surface area (TPSA) is 48.0 Å². The molecule has 1 amide bonds. The van der Waals surface area contributed by atoms with Crippen molar-refractivity contribution in [2.24, 2.45) is 0 Å². The van der Waals surface area contributed by atoms with Crippen molar-refractivity contribution >= 4 is 5.91 Å². The Labute approximate surface area is 161 Å². The smallest absolute Gasteiger partial charge is 0.260 e. The molecule has 2 rings (SSSR count). The van der Waals surface area contributed by atoms with E-state index in [-0.39, 0.29) is 12.5 Å². The van der Waals surface area contributed by atoms with E-state index >= 15 is 0 Å². The molecule has 2 aromatic carbocycles.